The van der Waals surface area contributed by atoms with Crippen molar-refractivity contribution in [3.8, 4) is 0 Å². The van der Waals surface area contributed by atoms with Gasteiger partial charge in [0.15, 0.2) is 0 Å². The molecule has 0 aliphatic heterocycles. The summed E-state index contributed by atoms with van der Waals surface area (Å²) in [6, 6.07) is 0. The Hall–Kier alpha value is -1.32. The first kappa shape index (κ1) is 14.7. The molecule has 1 heterocycles. The molecule has 102 valence electrons. The van der Waals surface area contributed by atoms with Gasteiger partial charge in [0.25, 0.3) is 0 Å². The molecule has 1 aromatic rings. The molecule has 1 unspecified atom stereocenters. The predicted octanol–water partition coefficient (Wildman–Crippen LogP) is 2.82. The molecule has 1 rings (SSSR count). The average molecular weight is 252 g/mol. The van der Waals surface area contributed by atoms with E-state index in [0.29, 0.717) is 5.92 Å². The van der Waals surface area contributed by atoms with Crippen LogP contribution in [0.3, 0.4) is 0 Å². The SMILES string of the molecule is COC(=O)C(C)c1c(C)nn(CCC(C)C)c1C. The van der Waals surface area contributed by atoms with Gasteiger partial charge >= 0.3 is 5.97 Å². The summed E-state index contributed by atoms with van der Waals surface area (Å²) < 4.78 is 6.81. The molecule has 0 spiro atoms. The van der Waals surface area contributed by atoms with Gasteiger partial charge in [0, 0.05) is 17.8 Å². The third-order valence-corrected chi connectivity index (χ3v) is 3.34. The fraction of sp³-hybridized carbons (Fsp3) is 0.714. The van der Waals surface area contributed by atoms with Crippen molar-refractivity contribution in [2.75, 3.05) is 7.11 Å². The molecule has 4 heteroatoms. The van der Waals surface area contributed by atoms with E-state index in [4.69, 9.17) is 4.74 Å². The first-order valence-electron chi connectivity index (χ1n) is 6.50. The molecule has 1 atom stereocenters. The standard InChI is InChI=1S/C14H24N2O2/c1-9(2)7-8-16-12(5)13(11(4)15-16)10(3)14(17)18-6/h9-10H,7-8H2,1-6H3. The maximum atomic E-state index is 11.6. The van der Waals surface area contributed by atoms with Crippen molar-refractivity contribution < 1.29 is 9.53 Å². The summed E-state index contributed by atoms with van der Waals surface area (Å²) in [4.78, 5) is 11.6. The molecular weight excluding hydrogens is 228 g/mol. The zero-order valence-electron chi connectivity index (χ0n) is 12.3. The molecule has 0 fully saturated rings. The van der Waals surface area contributed by atoms with Crippen LogP contribution in [0.2, 0.25) is 0 Å². The van der Waals surface area contributed by atoms with E-state index in [2.05, 4.69) is 18.9 Å². The summed E-state index contributed by atoms with van der Waals surface area (Å²) in [5, 5.41) is 4.53. The smallest absolute Gasteiger partial charge is 0.312 e. The van der Waals surface area contributed by atoms with Gasteiger partial charge < -0.3 is 4.74 Å². The molecule has 0 bridgehead atoms. The molecule has 1 aromatic heterocycles. The Morgan fingerprint density at radius 3 is 2.44 bits per heavy atom. The zero-order valence-corrected chi connectivity index (χ0v) is 12.3. The van der Waals surface area contributed by atoms with Crippen molar-refractivity contribution in [1.29, 1.82) is 0 Å². The quantitative estimate of drug-likeness (QED) is 0.757. The molecular formula is C14H24N2O2. The molecule has 0 radical (unpaired) electrons. The lowest BCUT2D eigenvalue weighted by Crippen LogP contribution is -2.13. The molecule has 0 aliphatic carbocycles. The summed E-state index contributed by atoms with van der Waals surface area (Å²) in [6.45, 7) is 11.1. The van der Waals surface area contributed by atoms with E-state index >= 15 is 0 Å². The largest absolute Gasteiger partial charge is 0.469 e. The Kier molecular flexibility index (Phi) is 4.93. The Labute approximate surface area is 109 Å². The normalized spacial score (nSPS) is 12.8. The minimum atomic E-state index is -0.247. The van der Waals surface area contributed by atoms with Gasteiger partial charge in [0.05, 0.1) is 18.7 Å². The zero-order chi connectivity index (χ0) is 13.9. The van der Waals surface area contributed by atoms with Gasteiger partial charge in [-0.1, -0.05) is 13.8 Å². The Bertz CT molecular complexity index is 422. The molecule has 0 saturated heterocycles. The number of aromatic nitrogens is 2. The van der Waals surface area contributed by atoms with Crippen LogP contribution < -0.4 is 0 Å². The lowest BCUT2D eigenvalue weighted by Gasteiger charge is -2.11. The van der Waals surface area contributed by atoms with Gasteiger partial charge in [-0.15, -0.1) is 0 Å². The first-order valence-corrected chi connectivity index (χ1v) is 6.50. The number of hydrogen-bond acceptors (Lipinski definition) is 3. The van der Waals surface area contributed by atoms with Crippen LogP contribution in [0.25, 0.3) is 0 Å². The van der Waals surface area contributed by atoms with Crippen LogP contribution >= 0.6 is 0 Å². The van der Waals surface area contributed by atoms with Gasteiger partial charge in [-0.2, -0.15) is 5.10 Å². The number of methoxy groups -OCH3 is 1. The number of esters is 1. The summed E-state index contributed by atoms with van der Waals surface area (Å²) >= 11 is 0. The van der Waals surface area contributed by atoms with Gasteiger partial charge in [-0.05, 0) is 33.1 Å². The van der Waals surface area contributed by atoms with Crippen molar-refractivity contribution in [2.45, 2.75) is 53.5 Å². The van der Waals surface area contributed by atoms with Crippen LogP contribution in [0.4, 0.5) is 0 Å². The highest BCUT2D eigenvalue weighted by atomic mass is 16.5. The topological polar surface area (TPSA) is 44.1 Å². The van der Waals surface area contributed by atoms with Crippen LogP contribution in [-0.4, -0.2) is 22.9 Å². The van der Waals surface area contributed by atoms with E-state index in [1.165, 1.54) is 7.11 Å². The minimum absolute atomic E-state index is 0.204. The van der Waals surface area contributed by atoms with E-state index in [9.17, 15) is 4.79 Å². The fourth-order valence-electron chi connectivity index (χ4n) is 2.23. The van der Waals surface area contributed by atoms with Crippen molar-refractivity contribution in [3.63, 3.8) is 0 Å². The fourth-order valence-corrected chi connectivity index (χ4v) is 2.23. The molecule has 0 saturated carbocycles. The number of ether oxygens (including phenoxy) is 1. The van der Waals surface area contributed by atoms with Crippen LogP contribution in [-0.2, 0) is 16.1 Å². The van der Waals surface area contributed by atoms with Crippen molar-refractivity contribution in [1.82, 2.24) is 9.78 Å². The number of rotatable bonds is 5. The summed E-state index contributed by atoms with van der Waals surface area (Å²) in [6.07, 6.45) is 1.09. The number of nitrogens with zero attached hydrogens (tertiary/aromatic N) is 2. The van der Waals surface area contributed by atoms with Gasteiger partial charge in [-0.3, -0.25) is 9.48 Å². The van der Waals surface area contributed by atoms with Gasteiger partial charge in [0.1, 0.15) is 0 Å². The Morgan fingerprint density at radius 1 is 1.33 bits per heavy atom. The van der Waals surface area contributed by atoms with Crippen molar-refractivity contribution in [2.24, 2.45) is 5.92 Å². The van der Waals surface area contributed by atoms with Crippen LogP contribution in [0.5, 0.6) is 0 Å². The Morgan fingerprint density at radius 2 is 1.94 bits per heavy atom. The minimum Gasteiger partial charge on any atom is -0.469 e. The van der Waals surface area contributed by atoms with Gasteiger partial charge in [-0.25, -0.2) is 0 Å². The summed E-state index contributed by atoms with van der Waals surface area (Å²) in [5.74, 6) is 0.197. The van der Waals surface area contributed by atoms with Crippen LogP contribution in [0.15, 0.2) is 0 Å². The van der Waals surface area contributed by atoms with Crippen molar-refractivity contribution in [3.05, 3.63) is 17.0 Å². The molecule has 18 heavy (non-hydrogen) atoms. The second-order valence-electron chi connectivity index (χ2n) is 5.24. The maximum absolute atomic E-state index is 11.6. The lowest BCUT2D eigenvalue weighted by atomic mass is 9.99. The van der Waals surface area contributed by atoms with E-state index < -0.39 is 0 Å². The monoisotopic (exact) mass is 252 g/mol. The highest BCUT2D eigenvalue weighted by Gasteiger charge is 2.23. The molecule has 0 amide bonds. The summed E-state index contributed by atoms with van der Waals surface area (Å²) in [5.41, 5.74) is 3.01. The summed E-state index contributed by atoms with van der Waals surface area (Å²) in [7, 11) is 1.42. The highest BCUT2D eigenvalue weighted by molar-refractivity contribution is 5.78. The predicted molar refractivity (Wildman–Crippen MR) is 71.6 cm³/mol. The molecule has 0 aromatic carbocycles. The lowest BCUT2D eigenvalue weighted by molar-refractivity contribution is -0.142. The van der Waals surface area contributed by atoms with E-state index in [1.807, 2.05) is 25.5 Å². The number of carbonyl (C=O) groups is 1. The second kappa shape index (κ2) is 6.03. The molecule has 0 aliphatic rings. The van der Waals surface area contributed by atoms with E-state index in [-0.39, 0.29) is 11.9 Å². The van der Waals surface area contributed by atoms with Crippen LogP contribution in [0, 0.1) is 19.8 Å². The van der Waals surface area contributed by atoms with E-state index in [0.717, 1.165) is 29.9 Å². The molecule has 0 N–H and O–H groups in total. The Balaban J connectivity index is 2.97. The van der Waals surface area contributed by atoms with Crippen molar-refractivity contribution >= 4 is 5.97 Å². The maximum Gasteiger partial charge on any atom is 0.312 e. The van der Waals surface area contributed by atoms with Gasteiger partial charge in [0.2, 0.25) is 0 Å². The first-order chi connectivity index (χ1) is 8.38. The highest BCUT2D eigenvalue weighted by Crippen LogP contribution is 2.24. The number of aryl methyl sites for hydroxylation is 2. The molecule has 4 nitrogen and oxygen atoms in total. The van der Waals surface area contributed by atoms with Crippen LogP contribution in [0.1, 0.15) is 50.1 Å². The second-order valence-corrected chi connectivity index (χ2v) is 5.24. The number of hydrogen-bond donors (Lipinski definition) is 0. The number of carbonyl (C=O) groups excluding carboxylic acids is 1. The third kappa shape index (κ3) is 3.12. The third-order valence-electron chi connectivity index (χ3n) is 3.34. The van der Waals surface area contributed by atoms with E-state index in [1.54, 1.807) is 0 Å². The average Bonchev–Trinajstić information content (AvgIpc) is 2.60.